The third-order valence-corrected chi connectivity index (χ3v) is 0. The van der Waals surface area contributed by atoms with Gasteiger partial charge in [-0.3, -0.25) is 0 Å². The van der Waals surface area contributed by atoms with Crippen LogP contribution in [-0.2, 0) is 0 Å². The molecule has 0 radical (unpaired) electrons. The maximum atomic E-state index is 1.44. The normalized spacial score (nSPS) is 3.00. The van der Waals surface area contributed by atoms with E-state index in [1.807, 2.05) is 0 Å². The molecule has 22 valence electrons. The average Bonchev–Trinajstić information content (AvgIpc) is 1.00. The summed E-state index contributed by atoms with van der Waals surface area (Å²) in [7, 11) is 2.89. The van der Waals surface area contributed by atoms with Crippen molar-refractivity contribution in [3.63, 3.8) is 0 Å². The molecule has 0 fully saturated rings. The summed E-state index contributed by atoms with van der Waals surface area (Å²) in [5.74, 6) is 0. The van der Waals surface area contributed by atoms with Crippen LogP contribution in [0.2, 0.25) is 0 Å². The molecule has 4 heteroatoms. The minimum absolute atomic E-state index is 0. The maximum Gasteiger partial charge on any atom is 3.00 e. The zero-order valence-electron chi connectivity index (χ0n) is 7.58. The molecular formula is H10AlNaSi2. The minimum atomic E-state index is 0. The van der Waals surface area contributed by atoms with Crippen LogP contribution in [0.1, 0.15) is 5.71 Å². The molecule has 0 N–H and O–H groups in total. The molecule has 0 aromatic carbocycles. The fraction of sp³-hybridized carbons (Fsp3) is 0. The number of hydrogen-bond donors (Lipinski definition) is 0. The van der Waals surface area contributed by atoms with Gasteiger partial charge in [0.1, 0.15) is 0 Å². The van der Waals surface area contributed by atoms with Crippen molar-refractivity contribution in [1.82, 2.24) is 0 Å². The molecule has 0 bridgehead atoms. The molecular weight excluding hydrogens is 106 g/mol. The second kappa shape index (κ2) is 20.2. The molecule has 0 unspecified atom stereocenters. The smallest absolute Gasteiger partial charge is 1.00 e. The molecule has 0 aliphatic heterocycles. The first-order valence-electron chi connectivity index (χ1n) is 1.00. The Bertz CT molecular complexity index is 14.0. The summed E-state index contributed by atoms with van der Waals surface area (Å²) >= 11 is 0. The first kappa shape index (κ1) is 16.7. The van der Waals surface area contributed by atoms with E-state index in [0.717, 1.165) is 0 Å². The molecule has 0 rings (SSSR count). The monoisotopic (exact) mass is 116 g/mol. The second-order valence-electron chi connectivity index (χ2n) is 0. The van der Waals surface area contributed by atoms with Gasteiger partial charge in [-0.15, -0.1) is 0 Å². The van der Waals surface area contributed by atoms with Gasteiger partial charge in [-0.1, -0.05) is 0 Å². The molecule has 0 aromatic heterocycles. The molecule has 0 atom stereocenters. The Hall–Kier alpha value is 1.97. The second-order valence-corrected chi connectivity index (χ2v) is 0. The van der Waals surface area contributed by atoms with Crippen LogP contribution in [-0.4, -0.2) is 36.9 Å². The van der Waals surface area contributed by atoms with Gasteiger partial charge in [0.2, 0.25) is 0 Å². The Balaban J connectivity index is -0.000000000333. The van der Waals surface area contributed by atoms with Crippen LogP contribution in [0.15, 0.2) is 0 Å². The van der Waals surface area contributed by atoms with Crippen LogP contribution in [0.3, 0.4) is 0 Å². The van der Waals surface area contributed by atoms with Crippen LogP contribution in [0.4, 0.5) is 0 Å². The predicted molar refractivity (Wildman–Crippen MR) is 30.1 cm³/mol. The third-order valence-electron chi connectivity index (χ3n) is 0. The molecule has 0 aromatic rings. The summed E-state index contributed by atoms with van der Waals surface area (Å²) in [5.41, 5.74) is 0. The zero-order chi connectivity index (χ0) is 2.00. The van der Waals surface area contributed by atoms with Crippen molar-refractivity contribution in [3.8, 4) is 0 Å². The van der Waals surface area contributed by atoms with E-state index in [-0.39, 0.29) is 52.6 Å². The Morgan fingerprint density at radius 2 is 1.25 bits per heavy atom. The van der Waals surface area contributed by atoms with E-state index in [0.29, 0.717) is 0 Å². The van der Waals surface area contributed by atoms with Gasteiger partial charge in [-0.05, 0) is 19.5 Å². The average molecular weight is 116 g/mol. The van der Waals surface area contributed by atoms with E-state index in [1.54, 1.807) is 0 Å². The van der Waals surface area contributed by atoms with Crippen molar-refractivity contribution in [1.29, 1.82) is 0 Å². The molecule has 0 heterocycles. The largest absolute Gasteiger partial charge is 3.00 e. The standard InChI is InChI=1S/Al.Na.H6Si2.4H/c;;1-2;;;;/h;;1-2H3;;;;/q+3;+1;;4*-1. The fourth-order valence-electron chi connectivity index (χ4n) is 0. The molecule has 4 heavy (non-hydrogen) atoms. The number of hydrogen-bond acceptors (Lipinski definition) is 0. The molecule has 0 aliphatic carbocycles. The molecule has 0 aliphatic rings. The summed E-state index contributed by atoms with van der Waals surface area (Å²) < 4.78 is 0. The van der Waals surface area contributed by atoms with Crippen molar-refractivity contribution < 1.29 is 35.3 Å². The molecule has 0 amide bonds. The molecule has 0 saturated heterocycles. The predicted octanol–water partition coefficient (Wildman–Crippen LogP) is -5.29. The summed E-state index contributed by atoms with van der Waals surface area (Å²) in [6.45, 7) is 0. The van der Waals surface area contributed by atoms with E-state index in [9.17, 15) is 0 Å². The van der Waals surface area contributed by atoms with Crippen LogP contribution in [0.25, 0.3) is 0 Å². The summed E-state index contributed by atoms with van der Waals surface area (Å²) in [5, 5.41) is 0. The minimum Gasteiger partial charge on any atom is -1.00 e. The van der Waals surface area contributed by atoms with Gasteiger partial charge < -0.3 is 5.71 Å². The van der Waals surface area contributed by atoms with Gasteiger partial charge >= 0.3 is 46.9 Å². The maximum absolute atomic E-state index is 1.44. The summed E-state index contributed by atoms with van der Waals surface area (Å²) in [6, 6.07) is 0. The molecule has 0 spiro atoms. The van der Waals surface area contributed by atoms with Crippen molar-refractivity contribution in [2.24, 2.45) is 0 Å². The first-order valence-corrected chi connectivity index (χ1v) is 9.00. The van der Waals surface area contributed by atoms with Crippen molar-refractivity contribution >= 4 is 36.9 Å². The first-order chi connectivity index (χ1) is 1.00. The Morgan fingerprint density at radius 3 is 1.25 bits per heavy atom. The van der Waals surface area contributed by atoms with Gasteiger partial charge in [0.05, 0.1) is 0 Å². The van der Waals surface area contributed by atoms with E-state index < -0.39 is 0 Å². The topological polar surface area (TPSA) is 0 Å². The van der Waals surface area contributed by atoms with Gasteiger partial charge in [-0.25, -0.2) is 0 Å². The van der Waals surface area contributed by atoms with Gasteiger partial charge in [0.15, 0.2) is 0 Å². The van der Waals surface area contributed by atoms with Crippen LogP contribution in [0.5, 0.6) is 0 Å². The fourth-order valence-corrected chi connectivity index (χ4v) is 0. The van der Waals surface area contributed by atoms with Gasteiger partial charge in [0.25, 0.3) is 0 Å². The molecule has 0 saturated carbocycles. The van der Waals surface area contributed by atoms with Crippen LogP contribution < -0.4 is 29.6 Å². The van der Waals surface area contributed by atoms with Gasteiger partial charge in [0, 0.05) is 0 Å². The number of rotatable bonds is 0. The Morgan fingerprint density at radius 1 is 1.25 bits per heavy atom. The molecule has 0 nitrogen and oxygen atoms in total. The van der Waals surface area contributed by atoms with E-state index in [2.05, 4.69) is 0 Å². The third kappa shape index (κ3) is 9.03. The zero-order valence-corrected chi connectivity index (χ0v) is 10.7. The SMILES string of the molecule is [Al+3].[H-].[H-].[H-].[H-].[Na+].[SiH3][SiH3]. The van der Waals surface area contributed by atoms with E-state index >= 15 is 0 Å². The van der Waals surface area contributed by atoms with Crippen molar-refractivity contribution in [2.45, 2.75) is 0 Å². The van der Waals surface area contributed by atoms with Crippen LogP contribution in [0, 0.1) is 0 Å². The van der Waals surface area contributed by atoms with Crippen molar-refractivity contribution in [2.75, 3.05) is 0 Å². The summed E-state index contributed by atoms with van der Waals surface area (Å²) in [4.78, 5) is 0. The van der Waals surface area contributed by atoms with Crippen LogP contribution >= 0.6 is 0 Å². The van der Waals surface area contributed by atoms with Crippen molar-refractivity contribution in [3.05, 3.63) is 0 Å². The summed E-state index contributed by atoms with van der Waals surface area (Å²) in [6.07, 6.45) is 0. The van der Waals surface area contributed by atoms with E-state index in [1.165, 1.54) is 19.5 Å². The Kier molecular flexibility index (Phi) is 84.5. The quantitative estimate of drug-likeness (QED) is 0.277. The van der Waals surface area contributed by atoms with E-state index in [4.69, 9.17) is 0 Å². The Labute approximate surface area is 71.7 Å². The van der Waals surface area contributed by atoms with Gasteiger partial charge in [-0.2, -0.15) is 0 Å².